The number of aliphatic hydroxyl groups excluding tert-OH is 1. The summed E-state index contributed by atoms with van der Waals surface area (Å²) in [4.78, 5) is 11.4. The molecule has 1 aromatic rings. The molecule has 0 aromatic heterocycles. The molecule has 17 heavy (non-hydrogen) atoms. The minimum absolute atomic E-state index is 0.0262. The Balaban J connectivity index is 2.95. The normalized spacial score (nSPS) is 13.0. The van der Waals surface area contributed by atoms with Gasteiger partial charge in [-0.05, 0) is 12.1 Å². The summed E-state index contributed by atoms with van der Waals surface area (Å²) in [6, 6.07) is 5.59. The Kier molecular flexibility index (Phi) is 3.95. The molecule has 0 saturated carbocycles. The highest BCUT2D eigenvalue weighted by molar-refractivity contribution is 5.99. The van der Waals surface area contributed by atoms with Gasteiger partial charge in [-0.1, -0.05) is 12.1 Å². The van der Waals surface area contributed by atoms with Crippen molar-refractivity contribution in [2.45, 2.75) is 12.4 Å². The number of anilines is 1. The van der Waals surface area contributed by atoms with Crippen LogP contribution < -0.4 is 10.6 Å². The Labute approximate surface area is 95.4 Å². The zero-order chi connectivity index (χ0) is 13.1. The van der Waals surface area contributed by atoms with Crippen LogP contribution in [0.1, 0.15) is 10.4 Å². The second-order valence-corrected chi connectivity index (χ2v) is 3.21. The Hall–Kier alpha value is -1.76. The second kappa shape index (κ2) is 5.05. The number of carbonyl (C=O) groups is 1. The maximum atomic E-state index is 12.1. The molecular weight excluding hydrogens is 237 g/mol. The first-order valence-electron chi connectivity index (χ1n) is 4.68. The largest absolute Gasteiger partial charge is 0.433 e. The van der Waals surface area contributed by atoms with Crippen molar-refractivity contribution in [2.24, 2.45) is 0 Å². The Morgan fingerprint density at radius 3 is 2.47 bits per heavy atom. The number of amides is 1. The minimum Gasteiger partial charge on any atom is -0.366 e. The molecule has 4 nitrogen and oxygen atoms in total. The lowest BCUT2D eigenvalue weighted by molar-refractivity contribution is -0.194. The summed E-state index contributed by atoms with van der Waals surface area (Å²) in [5, 5.41) is 13.0. The summed E-state index contributed by atoms with van der Waals surface area (Å²) >= 11 is 0. The molecule has 0 fully saturated rings. The van der Waals surface area contributed by atoms with E-state index in [1.54, 1.807) is 0 Å². The van der Waals surface area contributed by atoms with Crippen molar-refractivity contribution in [3.8, 4) is 0 Å². The van der Waals surface area contributed by atoms with E-state index in [0.717, 1.165) is 0 Å². The highest BCUT2D eigenvalue weighted by Crippen LogP contribution is 2.23. The lowest BCUT2D eigenvalue weighted by Gasteiger charge is -2.18. The van der Waals surface area contributed by atoms with E-state index in [9.17, 15) is 18.0 Å². The average molecular weight is 248 g/mol. The average Bonchev–Trinajstić information content (AvgIpc) is 2.27. The lowest BCUT2D eigenvalue weighted by atomic mass is 10.1. The van der Waals surface area contributed by atoms with Crippen molar-refractivity contribution < 1.29 is 23.1 Å². The molecule has 0 saturated heterocycles. The zero-order valence-electron chi connectivity index (χ0n) is 8.88. The maximum Gasteiger partial charge on any atom is 0.433 e. The van der Waals surface area contributed by atoms with Gasteiger partial charge in [-0.3, -0.25) is 4.79 Å². The molecule has 0 radical (unpaired) electrons. The van der Waals surface area contributed by atoms with Gasteiger partial charge in [0, 0.05) is 12.7 Å². The summed E-state index contributed by atoms with van der Waals surface area (Å²) in [7, 11) is 1.36. The number of carbonyl (C=O) groups excluding carboxylic acids is 1. The first kappa shape index (κ1) is 13.3. The van der Waals surface area contributed by atoms with E-state index in [-0.39, 0.29) is 11.3 Å². The molecule has 1 rings (SSSR count). The van der Waals surface area contributed by atoms with Gasteiger partial charge in [-0.15, -0.1) is 0 Å². The van der Waals surface area contributed by atoms with Gasteiger partial charge in [0.05, 0.1) is 5.56 Å². The maximum absolute atomic E-state index is 12.1. The summed E-state index contributed by atoms with van der Waals surface area (Å²) in [5.74, 6) is -0.539. The predicted molar refractivity (Wildman–Crippen MR) is 55.5 cm³/mol. The van der Waals surface area contributed by atoms with Gasteiger partial charge in [0.15, 0.2) is 0 Å². The highest BCUT2D eigenvalue weighted by atomic mass is 19.4. The number of para-hydroxylation sites is 1. The summed E-state index contributed by atoms with van der Waals surface area (Å²) in [6.45, 7) is 0. The molecule has 1 unspecified atom stereocenters. The molecule has 0 aliphatic carbocycles. The van der Waals surface area contributed by atoms with E-state index in [4.69, 9.17) is 5.11 Å². The first-order valence-corrected chi connectivity index (χ1v) is 4.68. The topological polar surface area (TPSA) is 61.4 Å². The van der Waals surface area contributed by atoms with Crippen molar-refractivity contribution in [1.82, 2.24) is 5.32 Å². The van der Waals surface area contributed by atoms with Crippen molar-refractivity contribution >= 4 is 11.6 Å². The molecular formula is C10H11F3N2O2. The van der Waals surface area contributed by atoms with Gasteiger partial charge in [0.1, 0.15) is 0 Å². The zero-order valence-corrected chi connectivity index (χ0v) is 8.88. The lowest BCUT2D eigenvalue weighted by Crippen LogP contribution is -2.36. The van der Waals surface area contributed by atoms with Crippen LogP contribution >= 0.6 is 0 Å². The molecule has 0 heterocycles. The van der Waals surface area contributed by atoms with Crippen LogP contribution in [0.4, 0.5) is 18.9 Å². The molecule has 94 valence electrons. The number of benzene rings is 1. The number of nitrogens with one attached hydrogen (secondary N) is 2. The standard InChI is InChI=1S/C10H11F3N2O2/c1-14-8(16)6-4-2-3-5-7(6)15-9(17)10(11,12)13/h2-5,9,15,17H,1H3,(H,14,16). The van der Waals surface area contributed by atoms with Gasteiger partial charge in [0.2, 0.25) is 6.23 Å². The number of hydrogen-bond donors (Lipinski definition) is 3. The number of halogens is 3. The number of alkyl halides is 3. The summed E-state index contributed by atoms with van der Waals surface area (Å²) in [6.07, 6.45) is -7.51. The fourth-order valence-electron chi connectivity index (χ4n) is 1.17. The monoisotopic (exact) mass is 248 g/mol. The van der Waals surface area contributed by atoms with E-state index >= 15 is 0 Å². The van der Waals surface area contributed by atoms with Crippen LogP contribution in [0.2, 0.25) is 0 Å². The molecule has 0 aliphatic rings. The van der Waals surface area contributed by atoms with Crippen molar-refractivity contribution in [1.29, 1.82) is 0 Å². The minimum atomic E-state index is -4.80. The first-order chi connectivity index (χ1) is 7.86. The van der Waals surface area contributed by atoms with Gasteiger partial charge in [0.25, 0.3) is 5.91 Å². The Bertz CT molecular complexity index is 407. The second-order valence-electron chi connectivity index (χ2n) is 3.21. The molecule has 1 aromatic carbocycles. The summed E-state index contributed by atoms with van der Waals surface area (Å²) in [5.41, 5.74) is -0.0602. The van der Waals surface area contributed by atoms with E-state index in [0.29, 0.717) is 0 Å². The highest BCUT2D eigenvalue weighted by Gasteiger charge is 2.38. The van der Waals surface area contributed by atoms with Gasteiger partial charge in [-0.2, -0.15) is 13.2 Å². The number of hydrogen-bond acceptors (Lipinski definition) is 3. The SMILES string of the molecule is CNC(=O)c1ccccc1NC(O)C(F)(F)F. The third kappa shape index (κ3) is 3.35. The Morgan fingerprint density at radius 1 is 1.35 bits per heavy atom. The van der Waals surface area contributed by atoms with E-state index in [1.165, 1.54) is 31.3 Å². The number of rotatable bonds is 3. The third-order valence-corrected chi connectivity index (χ3v) is 2.00. The molecule has 1 amide bonds. The molecule has 7 heteroatoms. The fraction of sp³-hybridized carbons (Fsp3) is 0.300. The van der Waals surface area contributed by atoms with Crippen LogP contribution in [-0.2, 0) is 0 Å². The van der Waals surface area contributed by atoms with Crippen LogP contribution in [-0.4, -0.2) is 30.5 Å². The van der Waals surface area contributed by atoms with Crippen molar-refractivity contribution in [3.05, 3.63) is 29.8 Å². The van der Waals surface area contributed by atoms with Crippen LogP contribution in [0.25, 0.3) is 0 Å². The van der Waals surface area contributed by atoms with Crippen LogP contribution in [0.15, 0.2) is 24.3 Å². The van der Waals surface area contributed by atoms with Gasteiger partial charge < -0.3 is 15.7 Å². The summed E-state index contributed by atoms with van der Waals surface area (Å²) < 4.78 is 36.4. The van der Waals surface area contributed by atoms with Crippen molar-refractivity contribution in [2.75, 3.05) is 12.4 Å². The van der Waals surface area contributed by atoms with E-state index in [2.05, 4.69) is 5.32 Å². The smallest absolute Gasteiger partial charge is 0.366 e. The van der Waals surface area contributed by atoms with Crippen molar-refractivity contribution in [3.63, 3.8) is 0 Å². The van der Waals surface area contributed by atoms with Gasteiger partial charge >= 0.3 is 6.18 Å². The number of aliphatic hydroxyl groups is 1. The molecule has 0 bridgehead atoms. The van der Waals surface area contributed by atoms with E-state index in [1.807, 2.05) is 5.32 Å². The molecule has 1 atom stereocenters. The molecule has 0 aliphatic heterocycles. The predicted octanol–water partition coefficient (Wildman–Crippen LogP) is 1.34. The quantitative estimate of drug-likeness (QED) is 0.707. The molecule has 3 N–H and O–H groups in total. The van der Waals surface area contributed by atoms with Crippen LogP contribution in [0, 0.1) is 0 Å². The fourth-order valence-corrected chi connectivity index (χ4v) is 1.17. The Morgan fingerprint density at radius 2 is 1.94 bits per heavy atom. The van der Waals surface area contributed by atoms with E-state index < -0.39 is 18.3 Å². The van der Waals surface area contributed by atoms with Crippen LogP contribution in [0.3, 0.4) is 0 Å². The van der Waals surface area contributed by atoms with Gasteiger partial charge in [-0.25, -0.2) is 0 Å². The molecule has 0 spiro atoms. The third-order valence-electron chi connectivity index (χ3n) is 2.00. The van der Waals surface area contributed by atoms with Crippen LogP contribution in [0.5, 0.6) is 0 Å².